The van der Waals surface area contributed by atoms with E-state index >= 15 is 0 Å². The average molecular weight is 382 g/mol. The number of esters is 1. The van der Waals surface area contributed by atoms with Crippen LogP contribution in [0.25, 0.3) is 10.1 Å². The number of rotatable bonds is 5. The number of carbonyl (C=O) groups excluding carboxylic acids is 1. The Morgan fingerprint density at radius 3 is 2.52 bits per heavy atom. The molecular formula is C22H22O4S. The zero-order valence-electron chi connectivity index (χ0n) is 15.3. The number of ether oxygens (including phenoxy) is 3. The number of hydrogen-bond donors (Lipinski definition) is 0. The molecule has 4 rings (SSSR count). The van der Waals surface area contributed by atoms with Crippen molar-refractivity contribution in [2.75, 3.05) is 7.11 Å². The number of hydrogen-bond acceptors (Lipinski definition) is 5. The third-order valence-corrected chi connectivity index (χ3v) is 5.96. The summed E-state index contributed by atoms with van der Waals surface area (Å²) in [5.41, 5.74) is 0. The highest BCUT2D eigenvalue weighted by atomic mass is 32.1. The van der Waals surface area contributed by atoms with Gasteiger partial charge in [0.15, 0.2) is 10.6 Å². The first-order chi connectivity index (χ1) is 13.2. The third-order valence-electron chi connectivity index (χ3n) is 4.83. The van der Waals surface area contributed by atoms with Gasteiger partial charge in [0.05, 0.1) is 13.2 Å². The van der Waals surface area contributed by atoms with E-state index in [2.05, 4.69) is 0 Å². The highest BCUT2D eigenvalue weighted by Gasteiger charge is 2.25. The largest absolute Gasteiger partial charge is 0.497 e. The van der Waals surface area contributed by atoms with Crippen LogP contribution in [0.5, 0.6) is 17.2 Å². The van der Waals surface area contributed by atoms with Gasteiger partial charge in [-0.2, -0.15) is 0 Å². The van der Waals surface area contributed by atoms with Gasteiger partial charge in [0.25, 0.3) is 0 Å². The molecular weight excluding hydrogens is 360 g/mol. The molecule has 1 aliphatic rings. The maximum absolute atomic E-state index is 12.9. The Hall–Kier alpha value is -2.53. The Balaban J connectivity index is 1.71. The fourth-order valence-electron chi connectivity index (χ4n) is 3.42. The second-order valence-corrected chi connectivity index (χ2v) is 7.76. The molecule has 1 heterocycles. The van der Waals surface area contributed by atoms with Crippen molar-refractivity contribution in [3.8, 4) is 17.2 Å². The molecule has 1 aromatic heterocycles. The molecule has 3 aromatic rings. The van der Waals surface area contributed by atoms with Crippen LogP contribution >= 0.6 is 11.3 Å². The summed E-state index contributed by atoms with van der Waals surface area (Å²) in [7, 11) is 1.64. The Labute approximate surface area is 162 Å². The Kier molecular flexibility index (Phi) is 5.30. The van der Waals surface area contributed by atoms with Crippen molar-refractivity contribution in [1.29, 1.82) is 0 Å². The summed E-state index contributed by atoms with van der Waals surface area (Å²) in [5, 5.41) is 0.907. The zero-order valence-corrected chi connectivity index (χ0v) is 16.1. The summed E-state index contributed by atoms with van der Waals surface area (Å²) >= 11 is 1.40. The van der Waals surface area contributed by atoms with Gasteiger partial charge in [0, 0.05) is 10.1 Å². The lowest BCUT2D eigenvalue weighted by molar-refractivity contribution is 0.0730. The van der Waals surface area contributed by atoms with E-state index in [1.165, 1.54) is 30.6 Å². The van der Waals surface area contributed by atoms with Gasteiger partial charge in [-0.25, -0.2) is 4.79 Å². The second kappa shape index (κ2) is 8.01. The van der Waals surface area contributed by atoms with E-state index < -0.39 is 0 Å². The predicted octanol–water partition coefficient (Wildman–Crippen LogP) is 5.84. The van der Waals surface area contributed by atoms with Crippen molar-refractivity contribution in [1.82, 2.24) is 0 Å². The van der Waals surface area contributed by atoms with E-state index in [-0.39, 0.29) is 12.1 Å². The second-order valence-electron chi connectivity index (χ2n) is 6.70. The normalized spacial score (nSPS) is 14.9. The van der Waals surface area contributed by atoms with Crippen LogP contribution in [0, 0.1) is 0 Å². The molecule has 0 amide bonds. The van der Waals surface area contributed by atoms with E-state index in [4.69, 9.17) is 14.2 Å². The number of fused-ring (bicyclic) bond motifs is 1. The monoisotopic (exact) mass is 382 g/mol. The van der Waals surface area contributed by atoms with Gasteiger partial charge in [0.1, 0.15) is 11.5 Å². The summed E-state index contributed by atoms with van der Waals surface area (Å²) in [6.45, 7) is 0. The first kappa shape index (κ1) is 17.9. The number of benzene rings is 2. The molecule has 0 saturated heterocycles. The molecule has 0 atom stereocenters. The van der Waals surface area contributed by atoms with Gasteiger partial charge in [-0.05, 0) is 56.0 Å². The van der Waals surface area contributed by atoms with Gasteiger partial charge in [-0.15, -0.1) is 11.3 Å². The minimum atomic E-state index is -0.382. The Bertz CT molecular complexity index is 926. The summed E-state index contributed by atoms with van der Waals surface area (Å²) in [6, 6.07) is 14.9. The van der Waals surface area contributed by atoms with E-state index in [0.717, 1.165) is 28.7 Å². The summed E-state index contributed by atoms with van der Waals surface area (Å²) in [4.78, 5) is 13.4. The molecule has 0 spiro atoms. The van der Waals surface area contributed by atoms with Crippen molar-refractivity contribution in [3.63, 3.8) is 0 Å². The zero-order chi connectivity index (χ0) is 18.6. The first-order valence-corrected chi connectivity index (χ1v) is 10.1. The lowest BCUT2D eigenvalue weighted by Crippen LogP contribution is -2.21. The lowest BCUT2D eigenvalue weighted by Gasteiger charge is -2.23. The molecule has 140 valence electrons. The van der Waals surface area contributed by atoms with E-state index in [1.807, 2.05) is 36.4 Å². The minimum absolute atomic E-state index is 0.144. The molecule has 0 unspecified atom stereocenters. The van der Waals surface area contributed by atoms with Crippen LogP contribution in [-0.2, 0) is 0 Å². The van der Waals surface area contributed by atoms with E-state index in [9.17, 15) is 4.79 Å². The maximum Gasteiger partial charge on any atom is 0.357 e. The van der Waals surface area contributed by atoms with Crippen molar-refractivity contribution >= 4 is 27.4 Å². The van der Waals surface area contributed by atoms with Crippen LogP contribution in [0.3, 0.4) is 0 Å². The highest BCUT2D eigenvalue weighted by Crippen LogP contribution is 2.41. The van der Waals surface area contributed by atoms with Gasteiger partial charge >= 0.3 is 5.97 Å². The van der Waals surface area contributed by atoms with Gasteiger partial charge in [-0.1, -0.05) is 24.6 Å². The summed E-state index contributed by atoms with van der Waals surface area (Å²) in [6.07, 6.45) is 5.77. The molecule has 1 saturated carbocycles. The van der Waals surface area contributed by atoms with E-state index in [1.54, 1.807) is 19.2 Å². The molecule has 0 radical (unpaired) electrons. The molecule has 2 aromatic carbocycles. The van der Waals surface area contributed by atoms with Gasteiger partial charge < -0.3 is 14.2 Å². The maximum atomic E-state index is 12.9. The topological polar surface area (TPSA) is 44.8 Å². The Morgan fingerprint density at radius 1 is 1.00 bits per heavy atom. The fourth-order valence-corrected chi connectivity index (χ4v) is 4.42. The molecule has 1 aliphatic carbocycles. The van der Waals surface area contributed by atoms with Crippen molar-refractivity contribution in [2.24, 2.45) is 0 Å². The highest BCUT2D eigenvalue weighted by molar-refractivity contribution is 7.21. The van der Waals surface area contributed by atoms with Crippen LogP contribution in [0.15, 0.2) is 48.5 Å². The van der Waals surface area contributed by atoms with Crippen molar-refractivity contribution in [3.05, 3.63) is 53.4 Å². The molecule has 0 N–H and O–H groups in total. The average Bonchev–Trinajstić information content (AvgIpc) is 3.07. The lowest BCUT2D eigenvalue weighted by atomic mass is 9.98. The predicted molar refractivity (Wildman–Crippen MR) is 107 cm³/mol. The number of carbonyl (C=O) groups is 1. The number of thiophene rings is 1. The molecule has 27 heavy (non-hydrogen) atoms. The standard InChI is InChI=1S/C22H22O4S/c1-24-17-12-13-19-18(14-17)20(25-15-8-4-2-5-9-15)21(27-19)22(23)26-16-10-6-3-7-11-16/h3,6-7,10-15H,2,4-5,8-9H2,1H3. The summed E-state index contributed by atoms with van der Waals surface area (Å²) in [5.74, 6) is 1.52. The van der Waals surface area contributed by atoms with Crippen LogP contribution in [0.4, 0.5) is 0 Å². The SMILES string of the molecule is COc1ccc2sc(C(=O)Oc3ccccc3)c(OC3CCCCC3)c2c1. The van der Waals surface area contributed by atoms with Crippen LogP contribution in [-0.4, -0.2) is 19.2 Å². The van der Waals surface area contributed by atoms with E-state index in [0.29, 0.717) is 16.4 Å². The number of methoxy groups -OCH3 is 1. The first-order valence-electron chi connectivity index (χ1n) is 9.29. The Morgan fingerprint density at radius 2 is 1.78 bits per heavy atom. The van der Waals surface area contributed by atoms with Crippen molar-refractivity contribution < 1.29 is 19.0 Å². The quantitative estimate of drug-likeness (QED) is 0.411. The molecule has 4 nitrogen and oxygen atoms in total. The summed E-state index contributed by atoms with van der Waals surface area (Å²) < 4.78 is 18.3. The number of para-hydroxylation sites is 1. The molecule has 0 aliphatic heterocycles. The van der Waals surface area contributed by atoms with Crippen LogP contribution in [0.1, 0.15) is 41.8 Å². The molecule has 1 fully saturated rings. The van der Waals surface area contributed by atoms with Crippen molar-refractivity contribution in [2.45, 2.75) is 38.2 Å². The van der Waals surface area contributed by atoms with Gasteiger partial charge in [0.2, 0.25) is 0 Å². The molecule has 5 heteroatoms. The smallest absolute Gasteiger partial charge is 0.357 e. The van der Waals surface area contributed by atoms with Crippen LogP contribution in [0.2, 0.25) is 0 Å². The van der Waals surface area contributed by atoms with Gasteiger partial charge in [-0.3, -0.25) is 0 Å². The molecule has 0 bridgehead atoms. The third kappa shape index (κ3) is 3.93. The van der Waals surface area contributed by atoms with Crippen LogP contribution < -0.4 is 14.2 Å². The minimum Gasteiger partial charge on any atom is -0.497 e. The fraction of sp³-hybridized carbons (Fsp3) is 0.318.